The molecule has 0 spiro atoms. The Morgan fingerprint density at radius 1 is 0.348 bits per heavy atom. The van der Waals surface area contributed by atoms with Crippen LogP contribution in [0.25, 0.3) is 11.3 Å². The van der Waals surface area contributed by atoms with Crippen LogP contribution in [-0.2, 0) is 25.9 Å². The summed E-state index contributed by atoms with van der Waals surface area (Å²) in [4.78, 5) is 51.7. The highest BCUT2D eigenvalue weighted by atomic mass is 79.9. The van der Waals surface area contributed by atoms with Gasteiger partial charge in [-0.3, -0.25) is 30.3 Å². The molecule has 1 aliphatic heterocycles. The van der Waals surface area contributed by atoms with E-state index in [1.165, 1.54) is 72.9 Å². The fraction of sp³-hybridized carbons (Fsp3) is 0.222. The van der Waals surface area contributed by atoms with E-state index in [4.69, 9.17) is 43.9 Å². The molecule has 0 saturated carbocycles. The normalized spacial score (nSPS) is 12.5. The summed E-state index contributed by atoms with van der Waals surface area (Å²) < 4.78 is 37.2. The van der Waals surface area contributed by atoms with Gasteiger partial charge in [-0.1, -0.05) is 297 Å². The number of aromatic amines is 1. The SMILES string of the molecule is Brc1cnc[nH]1.Brc1cncn1C(c1ccccc1)(c1ccccc1)c1ccccc1.Brc1cncn1C(c1ccccc1)(c1ccccc1)c1ccccc1.CC(C)(O)C(C)(C)O.CC(C)(O)C(C)(C)O.COc1c(-c2cncn2C(c2ccccc2)(c2ccccc2)c2ccccc2)cccc1[N+](=O)[O-].COc1c(B2OC(C)(C)C(C)(C)O2)cccc1[N+](=O)[O-].COc1c(Br)cccc1[N+](=O)[O-].[B][B]. The molecule has 0 atom stereocenters. The number of imidazole rings is 4. The molecule has 4 aromatic heterocycles. The molecule has 0 aliphatic carbocycles. The number of ether oxygens (including phenoxy) is 3. The van der Waals surface area contributed by atoms with E-state index in [-0.39, 0.29) is 34.3 Å². The first-order valence-electron chi connectivity index (χ1n) is 44.3. The second-order valence-corrected chi connectivity index (χ2v) is 38.1. The summed E-state index contributed by atoms with van der Waals surface area (Å²) in [6, 6.07) is 108. The van der Waals surface area contributed by atoms with Crippen molar-refractivity contribution in [3.63, 3.8) is 0 Å². The van der Waals surface area contributed by atoms with Crippen LogP contribution in [0.2, 0.25) is 0 Å². The third kappa shape index (κ3) is 26.6. The second-order valence-electron chi connectivity index (χ2n) is 34.8. The Morgan fingerprint density at radius 3 is 0.837 bits per heavy atom. The molecule has 5 heterocycles. The number of aliphatic hydroxyl groups is 4. The fourth-order valence-electron chi connectivity index (χ4n) is 14.9. The van der Waals surface area contributed by atoms with E-state index in [9.17, 15) is 30.3 Å². The zero-order valence-electron chi connectivity index (χ0n) is 80.8. The quantitative estimate of drug-likeness (QED) is 0.0182. The van der Waals surface area contributed by atoms with Crippen molar-refractivity contribution in [1.82, 2.24) is 38.6 Å². The molecule has 16 aromatic rings. The third-order valence-corrected chi connectivity index (χ3v) is 26.3. The monoisotopic (exact) mass is 2150 g/mol. The van der Waals surface area contributed by atoms with Crippen LogP contribution in [0.15, 0.2) is 396 Å². The average molecular weight is 2160 g/mol. The smallest absolute Gasteiger partial charge is 0.490 e. The lowest BCUT2D eigenvalue weighted by molar-refractivity contribution is -0.385. The number of nitrogens with zero attached hydrogens (tertiary/aromatic N) is 10. The molecule has 0 amide bonds. The van der Waals surface area contributed by atoms with Crippen molar-refractivity contribution in [3.8, 4) is 28.5 Å². The van der Waals surface area contributed by atoms with Crippen molar-refractivity contribution in [2.45, 2.75) is 133 Å². The minimum absolute atomic E-state index is 0.0353. The highest BCUT2D eigenvalue weighted by Crippen LogP contribution is 2.49. The Morgan fingerprint density at radius 2 is 0.603 bits per heavy atom. The zero-order valence-corrected chi connectivity index (χ0v) is 87.1. The molecule has 4 radical (unpaired) electrons. The number of nitro groups is 3. The first-order chi connectivity index (χ1) is 67.1. The summed E-state index contributed by atoms with van der Waals surface area (Å²) in [5.41, 5.74) is 4.95. The molecule has 12 aromatic carbocycles. The number of halogens is 4. The van der Waals surface area contributed by atoms with Crippen LogP contribution in [0.5, 0.6) is 17.2 Å². The van der Waals surface area contributed by atoms with Gasteiger partial charge in [-0.15, -0.1) is 0 Å². The van der Waals surface area contributed by atoms with Crippen molar-refractivity contribution in [2.75, 3.05) is 21.3 Å². The van der Waals surface area contributed by atoms with Gasteiger partial charge in [0.15, 0.2) is 5.75 Å². The first kappa shape index (κ1) is 112. The molecule has 1 saturated heterocycles. The number of nitro benzene ring substituents is 3. The number of benzene rings is 12. The van der Waals surface area contributed by atoms with E-state index in [1.807, 2.05) is 150 Å². The van der Waals surface area contributed by atoms with E-state index >= 15 is 0 Å². The van der Waals surface area contributed by atoms with Crippen molar-refractivity contribution < 1.29 is 58.7 Å². The van der Waals surface area contributed by atoms with E-state index in [1.54, 1.807) is 111 Å². The summed E-state index contributed by atoms with van der Waals surface area (Å²) in [6.07, 6.45) is 14.3. The number of hydrogen-bond acceptors (Lipinski definition) is 19. The Hall–Kier alpha value is -13.0. The summed E-state index contributed by atoms with van der Waals surface area (Å²) in [5.74, 6) is 0.626. The maximum atomic E-state index is 11.8. The Kier molecular flexibility index (Phi) is 39.9. The van der Waals surface area contributed by atoms with Gasteiger partial charge < -0.3 is 62.6 Å². The molecular formula is C108H112B3Br4N11O15. The lowest BCUT2D eigenvalue weighted by atomic mass is 9.76. The molecule has 1 fully saturated rings. The number of hydrogen-bond donors (Lipinski definition) is 5. The van der Waals surface area contributed by atoms with E-state index in [0.29, 0.717) is 21.2 Å². The number of rotatable bonds is 22. The van der Waals surface area contributed by atoms with Gasteiger partial charge in [0, 0.05) is 44.7 Å². The van der Waals surface area contributed by atoms with E-state index < -0.39 is 72.1 Å². The second kappa shape index (κ2) is 50.4. The molecule has 17 rings (SSSR count). The lowest BCUT2D eigenvalue weighted by Crippen LogP contribution is -2.44. The van der Waals surface area contributed by atoms with Gasteiger partial charge in [-0.2, -0.15) is 0 Å². The van der Waals surface area contributed by atoms with Gasteiger partial charge in [0.25, 0.3) is 0 Å². The summed E-state index contributed by atoms with van der Waals surface area (Å²) in [7, 11) is 11.6. The minimum Gasteiger partial charge on any atom is -0.490 e. The standard InChI is InChI=1S/C29H23N3O3.2C22H17BrN2.C13H18BNO5.C7H6BrNO3.2C6H14O2.C3H3BrN2.B2/c1-35-28-25(18-11-19-26(28)32(33)34)27-20-30-21-31(27)29(22-12-5-2-6-13-22,23-14-7-3-8-15-23)24-16-9-4-10-17-24;2*23-21-16-24-17-25(21)22(18-10-4-1-5-11-18,19-12-6-2-7-13-19)20-14-8-3-9-15-20;1-12(2)13(3,4)20-14(19-12)9-7-6-8-10(15(16)17)11(9)18-5;1-12-7-5(8)3-2-4-6(7)9(10)11;2*1-5(2,7)6(3,4)8;4-3-1-5-2-6-3;1-2/h2-21H,1H3;2*1-17H;6-8H,1-5H3;2-4H,1H3;2*7-8H,1-4H3;1-2H,(H,5,6);. The van der Waals surface area contributed by atoms with Gasteiger partial charge in [0.1, 0.15) is 30.4 Å². The van der Waals surface area contributed by atoms with Gasteiger partial charge in [-0.05, 0) is 209 Å². The lowest BCUT2D eigenvalue weighted by Gasteiger charge is -2.38. The Bertz CT molecular complexity index is 6050. The molecule has 141 heavy (non-hydrogen) atoms. The number of nitrogens with one attached hydrogen (secondary N) is 1. The summed E-state index contributed by atoms with van der Waals surface area (Å²) in [5, 5.41) is 69.7. The number of methoxy groups -OCH3 is 3. The van der Waals surface area contributed by atoms with Crippen LogP contribution in [0.1, 0.15) is 133 Å². The third-order valence-electron chi connectivity index (χ3n) is 24.0. The van der Waals surface area contributed by atoms with Crippen LogP contribution in [0.4, 0.5) is 17.1 Å². The first-order valence-corrected chi connectivity index (χ1v) is 47.5. The summed E-state index contributed by atoms with van der Waals surface area (Å²) >= 11 is 13.7. The van der Waals surface area contributed by atoms with Crippen LogP contribution in [-0.4, -0.2) is 151 Å². The Balaban J connectivity index is 0.000000190. The molecule has 5 N–H and O–H groups in total. The van der Waals surface area contributed by atoms with Crippen molar-refractivity contribution in [3.05, 3.63) is 476 Å². The molecule has 0 unspecified atom stereocenters. The number of aromatic nitrogens is 8. The van der Waals surface area contributed by atoms with E-state index in [2.05, 4.69) is 300 Å². The molecule has 0 bridgehead atoms. The van der Waals surface area contributed by atoms with Crippen molar-refractivity contribution in [1.29, 1.82) is 0 Å². The average Bonchev–Trinajstić information content (AvgIpc) is 1.72. The predicted octanol–water partition coefficient (Wildman–Crippen LogP) is 23.0. The highest BCUT2D eigenvalue weighted by Gasteiger charge is 2.53. The fourth-order valence-corrected chi connectivity index (χ4v) is 16.6. The zero-order chi connectivity index (χ0) is 103. The molecule has 26 nitrogen and oxygen atoms in total. The van der Waals surface area contributed by atoms with Gasteiger partial charge >= 0.3 is 24.2 Å². The van der Waals surface area contributed by atoms with Crippen molar-refractivity contribution >= 4 is 109 Å². The van der Waals surface area contributed by atoms with Crippen LogP contribution >= 0.6 is 63.7 Å². The summed E-state index contributed by atoms with van der Waals surface area (Å²) in [6.45, 7) is 20.3. The van der Waals surface area contributed by atoms with E-state index in [0.717, 1.165) is 30.5 Å². The molecule has 33 heteroatoms. The van der Waals surface area contributed by atoms with Gasteiger partial charge in [-0.25, -0.2) is 19.9 Å². The molecule has 1 aliphatic rings. The van der Waals surface area contributed by atoms with Crippen LogP contribution in [0, 0.1) is 30.3 Å². The maximum Gasteiger partial charge on any atom is 0.498 e. The number of H-pyrrole nitrogens is 1. The number of para-hydroxylation sites is 3. The largest absolute Gasteiger partial charge is 0.498 e. The van der Waals surface area contributed by atoms with Crippen LogP contribution < -0.4 is 19.7 Å². The van der Waals surface area contributed by atoms with Crippen molar-refractivity contribution in [2.24, 2.45) is 0 Å². The topological polar surface area (TPSA) is 339 Å². The van der Waals surface area contributed by atoms with Gasteiger partial charge in [0.05, 0.1) is 130 Å². The van der Waals surface area contributed by atoms with Crippen LogP contribution in [0.3, 0.4) is 0 Å². The maximum absolute atomic E-state index is 11.8. The Labute approximate surface area is 859 Å². The minimum atomic E-state index is -1.01. The molecule has 726 valence electrons. The highest BCUT2D eigenvalue weighted by molar-refractivity contribution is 9.11. The predicted molar refractivity (Wildman–Crippen MR) is 570 cm³/mol. The van der Waals surface area contributed by atoms with Gasteiger partial charge in [0.2, 0.25) is 11.5 Å². The molecular weight excluding hydrogens is 2040 g/mol.